The van der Waals surface area contributed by atoms with Crippen LogP contribution in [0.2, 0.25) is 0 Å². The highest BCUT2D eigenvalue weighted by Gasteiger charge is 2.20. The first-order valence-corrected chi connectivity index (χ1v) is 8.17. The Morgan fingerprint density at radius 2 is 1.58 bits per heavy atom. The summed E-state index contributed by atoms with van der Waals surface area (Å²) in [4.78, 5) is 23.4. The van der Waals surface area contributed by atoms with Gasteiger partial charge in [0.25, 0.3) is 0 Å². The molecule has 0 saturated heterocycles. The first-order valence-electron chi connectivity index (χ1n) is 8.17. The van der Waals surface area contributed by atoms with Crippen molar-refractivity contribution in [2.24, 2.45) is 0 Å². The zero-order valence-corrected chi connectivity index (χ0v) is 13.8. The van der Waals surface area contributed by atoms with Gasteiger partial charge in [0.1, 0.15) is 0 Å². The minimum absolute atomic E-state index is 0.0392. The third-order valence-corrected chi connectivity index (χ3v) is 4.07. The van der Waals surface area contributed by atoms with Gasteiger partial charge in [-0.05, 0) is 30.9 Å². The summed E-state index contributed by atoms with van der Waals surface area (Å²) in [6.45, 7) is 1.86. The van der Waals surface area contributed by atoms with Crippen molar-refractivity contribution in [1.82, 2.24) is 5.32 Å². The Morgan fingerprint density at radius 1 is 1.00 bits per heavy atom. The molecule has 2 aromatic rings. The Bertz CT molecular complexity index is 655. The van der Waals surface area contributed by atoms with Crippen LogP contribution in [0, 0.1) is 0 Å². The number of carboxylic acid groups (broad SMARTS) is 1. The lowest BCUT2D eigenvalue weighted by Crippen LogP contribution is -2.39. The van der Waals surface area contributed by atoms with Gasteiger partial charge in [-0.3, -0.25) is 9.59 Å². The lowest BCUT2D eigenvalue weighted by atomic mass is 9.97. The number of hydrogen-bond acceptors (Lipinski definition) is 2. The van der Waals surface area contributed by atoms with Crippen LogP contribution < -0.4 is 5.32 Å². The van der Waals surface area contributed by atoms with E-state index in [4.69, 9.17) is 5.11 Å². The predicted octanol–water partition coefficient (Wildman–Crippen LogP) is 3.38. The van der Waals surface area contributed by atoms with E-state index in [0.29, 0.717) is 12.8 Å². The van der Waals surface area contributed by atoms with Gasteiger partial charge in [0.15, 0.2) is 0 Å². The van der Waals surface area contributed by atoms with Crippen molar-refractivity contribution >= 4 is 11.9 Å². The number of aliphatic carboxylic acids is 1. The molecule has 2 unspecified atom stereocenters. The van der Waals surface area contributed by atoms with E-state index in [2.05, 4.69) is 5.32 Å². The van der Waals surface area contributed by atoms with Gasteiger partial charge in [-0.15, -0.1) is 0 Å². The average molecular weight is 325 g/mol. The van der Waals surface area contributed by atoms with Crippen molar-refractivity contribution in [1.29, 1.82) is 0 Å². The van der Waals surface area contributed by atoms with Crippen LogP contribution in [0.3, 0.4) is 0 Å². The minimum Gasteiger partial charge on any atom is -0.481 e. The number of rotatable bonds is 8. The van der Waals surface area contributed by atoms with E-state index >= 15 is 0 Å². The van der Waals surface area contributed by atoms with Crippen LogP contribution >= 0.6 is 0 Å². The number of hydrogen-bond donors (Lipinski definition) is 2. The molecule has 0 aliphatic carbocycles. The predicted molar refractivity (Wildman–Crippen MR) is 93.8 cm³/mol. The molecule has 0 spiro atoms. The molecule has 2 rings (SSSR count). The molecule has 1 amide bonds. The molecule has 2 N–H and O–H groups in total. The van der Waals surface area contributed by atoms with Crippen molar-refractivity contribution in [2.45, 2.75) is 38.1 Å². The smallest absolute Gasteiger partial charge is 0.303 e. The summed E-state index contributed by atoms with van der Waals surface area (Å²) in [5, 5.41) is 12.0. The summed E-state index contributed by atoms with van der Waals surface area (Å²) in [5.41, 5.74) is 2.03. The number of carboxylic acids is 1. The molecule has 0 aliphatic rings. The summed E-state index contributed by atoms with van der Waals surface area (Å²) in [5.74, 6) is -1.19. The molecule has 0 heterocycles. The van der Waals surface area contributed by atoms with E-state index < -0.39 is 5.97 Å². The van der Waals surface area contributed by atoms with Gasteiger partial charge in [0.2, 0.25) is 5.91 Å². The van der Waals surface area contributed by atoms with Crippen LogP contribution in [0.25, 0.3) is 0 Å². The van der Waals surface area contributed by atoms with Crippen molar-refractivity contribution in [3.05, 3.63) is 71.8 Å². The van der Waals surface area contributed by atoms with E-state index in [1.807, 2.05) is 67.6 Å². The second kappa shape index (κ2) is 8.87. The fourth-order valence-corrected chi connectivity index (χ4v) is 2.64. The molecule has 24 heavy (non-hydrogen) atoms. The number of amides is 1. The van der Waals surface area contributed by atoms with Gasteiger partial charge in [0.05, 0.1) is 5.92 Å². The zero-order chi connectivity index (χ0) is 17.4. The minimum atomic E-state index is -0.849. The van der Waals surface area contributed by atoms with Gasteiger partial charge < -0.3 is 10.4 Å². The molecule has 126 valence electrons. The first kappa shape index (κ1) is 17.7. The molecule has 0 aromatic heterocycles. The summed E-state index contributed by atoms with van der Waals surface area (Å²) >= 11 is 0. The van der Waals surface area contributed by atoms with Crippen molar-refractivity contribution in [3.8, 4) is 0 Å². The first-order chi connectivity index (χ1) is 11.6. The van der Waals surface area contributed by atoms with Gasteiger partial charge >= 0.3 is 5.97 Å². The third kappa shape index (κ3) is 5.54. The standard InChI is InChI=1S/C20H23NO3/c1-15(17-10-6-3-7-11-17)20(24)21-18(12-13-19(22)23)14-16-8-4-2-5-9-16/h2-11,15,18H,12-14H2,1H3,(H,21,24)(H,22,23). The molecule has 0 saturated carbocycles. The highest BCUT2D eigenvalue weighted by atomic mass is 16.4. The summed E-state index contributed by atoms with van der Waals surface area (Å²) < 4.78 is 0. The Balaban J connectivity index is 2.03. The molecule has 0 radical (unpaired) electrons. The number of carbonyl (C=O) groups is 2. The lowest BCUT2D eigenvalue weighted by molar-refractivity contribution is -0.137. The monoisotopic (exact) mass is 325 g/mol. The Kier molecular flexibility index (Phi) is 6.55. The Labute approximate surface area is 142 Å². The van der Waals surface area contributed by atoms with Crippen molar-refractivity contribution in [3.63, 3.8) is 0 Å². The largest absolute Gasteiger partial charge is 0.481 e. The van der Waals surface area contributed by atoms with Gasteiger partial charge in [-0.2, -0.15) is 0 Å². The summed E-state index contributed by atoms with van der Waals surface area (Å²) in [6, 6.07) is 19.2. The fourth-order valence-electron chi connectivity index (χ4n) is 2.64. The van der Waals surface area contributed by atoms with Gasteiger partial charge in [-0.25, -0.2) is 0 Å². The molecule has 0 fully saturated rings. The molecule has 0 bridgehead atoms. The maximum absolute atomic E-state index is 12.5. The van der Waals surface area contributed by atoms with E-state index in [-0.39, 0.29) is 24.3 Å². The summed E-state index contributed by atoms with van der Waals surface area (Å²) in [6.07, 6.45) is 1.08. The number of benzene rings is 2. The van der Waals surface area contributed by atoms with Crippen molar-refractivity contribution in [2.75, 3.05) is 0 Å². The molecule has 4 heteroatoms. The number of nitrogens with one attached hydrogen (secondary N) is 1. The van der Waals surface area contributed by atoms with Gasteiger partial charge in [-0.1, -0.05) is 60.7 Å². The quantitative estimate of drug-likeness (QED) is 0.782. The topological polar surface area (TPSA) is 66.4 Å². The maximum Gasteiger partial charge on any atom is 0.303 e. The Hall–Kier alpha value is -2.62. The van der Waals surface area contributed by atoms with E-state index in [0.717, 1.165) is 11.1 Å². The van der Waals surface area contributed by atoms with Crippen LogP contribution in [0.15, 0.2) is 60.7 Å². The fraction of sp³-hybridized carbons (Fsp3) is 0.300. The molecular weight excluding hydrogens is 302 g/mol. The highest BCUT2D eigenvalue weighted by molar-refractivity contribution is 5.83. The Morgan fingerprint density at radius 3 is 2.17 bits per heavy atom. The maximum atomic E-state index is 12.5. The van der Waals surface area contributed by atoms with Gasteiger partial charge in [0, 0.05) is 12.5 Å². The van der Waals surface area contributed by atoms with Crippen LogP contribution in [0.4, 0.5) is 0 Å². The molecule has 2 aromatic carbocycles. The van der Waals surface area contributed by atoms with Crippen LogP contribution in [-0.4, -0.2) is 23.0 Å². The third-order valence-electron chi connectivity index (χ3n) is 4.07. The van der Waals surface area contributed by atoms with Crippen molar-refractivity contribution < 1.29 is 14.7 Å². The molecule has 2 atom stereocenters. The molecule has 0 aliphatic heterocycles. The summed E-state index contributed by atoms with van der Waals surface area (Å²) in [7, 11) is 0. The molecular formula is C20H23NO3. The van der Waals surface area contributed by atoms with Crippen LogP contribution in [0.1, 0.15) is 36.8 Å². The lowest BCUT2D eigenvalue weighted by Gasteiger charge is -2.21. The average Bonchev–Trinajstić information content (AvgIpc) is 2.60. The van der Waals surface area contributed by atoms with E-state index in [9.17, 15) is 9.59 Å². The van der Waals surface area contributed by atoms with E-state index in [1.54, 1.807) is 0 Å². The van der Waals surface area contributed by atoms with Crippen LogP contribution in [-0.2, 0) is 16.0 Å². The number of carbonyl (C=O) groups excluding carboxylic acids is 1. The zero-order valence-electron chi connectivity index (χ0n) is 13.8. The highest BCUT2D eigenvalue weighted by Crippen LogP contribution is 2.16. The van der Waals surface area contributed by atoms with E-state index in [1.165, 1.54) is 0 Å². The van der Waals surface area contributed by atoms with Crippen LogP contribution in [0.5, 0.6) is 0 Å². The molecule has 4 nitrogen and oxygen atoms in total. The second-order valence-electron chi connectivity index (χ2n) is 5.96. The second-order valence-corrected chi connectivity index (χ2v) is 5.96. The normalized spacial score (nSPS) is 13.0. The SMILES string of the molecule is CC(C(=O)NC(CCC(=O)O)Cc1ccccc1)c1ccccc1.